The summed E-state index contributed by atoms with van der Waals surface area (Å²) in [7, 11) is 0. The van der Waals surface area contributed by atoms with E-state index in [-0.39, 0.29) is 18.3 Å². The number of amides is 1. The summed E-state index contributed by atoms with van der Waals surface area (Å²) < 4.78 is 21.2. The van der Waals surface area contributed by atoms with Crippen molar-refractivity contribution in [1.82, 2.24) is 25.1 Å². The fourth-order valence-corrected chi connectivity index (χ4v) is 4.57. The van der Waals surface area contributed by atoms with E-state index in [0.717, 1.165) is 43.6 Å². The van der Waals surface area contributed by atoms with Gasteiger partial charge >= 0.3 is 5.97 Å². The van der Waals surface area contributed by atoms with Gasteiger partial charge in [0, 0.05) is 18.7 Å². The van der Waals surface area contributed by atoms with Crippen LogP contribution in [-0.4, -0.2) is 50.1 Å². The number of rotatable bonds is 6. The van der Waals surface area contributed by atoms with E-state index in [0.29, 0.717) is 35.4 Å². The Morgan fingerprint density at radius 2 is 1.91 bits per heavy atom. The number of likely N-dealkylation sites (tertiary alicyclic amines) is 1. The van der Waals surface area contributed by atoms with Crippen molar-refractivity contribution in [3.63, 3.8) is 0 Å². The Bertz CT molecular complexity index is 1160. The summed E-state index contributed by atoms with van der Waals surface area (Å²) in [5.74, 6) is -0.180. The van der Waals surface area contributed by atoms with Gasteiger partial charge < -0.3 is 9.64 Å². The molecule has 2 aliphatic heterocycles. The van der Waals surface area contributed by atoms with E-state index in [1.807, 2.05) is 29.2 Å². The van der Waals surface area contributed by atoms with Crippen molar-refractivity contribution < 1.29 is 18.7 Å². The second-order valence-corrected chi connectivity index (χ2v) is 8.60. The van der Waals surface area contributed by atoms with E-state index in [1.165, 1.54) is 6.33 Å². The highest BCUT2D eigenvalue weighted by molar-refractivity contribution is 5.93. The van der Waals surface area contributed by atoms with Crippen molar-refractivity contribution in [2.45, 2.75) is 38.7 Å². The molecule has 9 heteroatoms. The smallest absolute Gasteiger partial charge is 0.338 e. The molecule has 5 rings (SSSR count). The first-order chi connectivity index (χ1) is 16.1. The van der Waals surface area contributed by atoms with Crippen molar-refractivity contribution in [1.29, 1.82) is 0 Å². The van der Waals surface area contributed by atoms with Gasteiger partial charge in [-0.3, -0.25) is 4.79 Å². The highest BCUT2D eigenvalue weighted by atomic mass is 19.1. The molecule has 0 saturated carbocycles. The standard InChI is InChI=1S/C24H24FN5O3/c25-23-18(5-8-20-21(23)14-33-24(20)32)4-1-16-9-11-29(12-10-16)22(31)13-17-2-6-19(7-3-17)30-15-26-27-28-30/h2-3,5-8,15-16H,1,4,9-14H2. The summed E-state index contributed by atoms with van der Waals surface area (Å²) >= 11 is 0. The van der Waals surface area contributed by atoms with E-state index < -0.39 is 5.97 Å². The molecule has 0 bridgehead atoms. The van der Waals surface area contributed by atoms with Crippen LogP contribution in [-0.2, 0) is 29.0 Å². The molecule has 0 radical (unpaired) electrons. The third-order valence-electron chi connectivity index (χ3n) is 6.59. The topological polar surface area (TPSA) is 90.2 Å². The summed E-state index contributed by atoms with van der Waals surface area (Å²) in [6, 6.07) is 11.0. The number of benzene rings is 2. The molecule has 1 aromatic heterocycles. The lowest BCUT2D eigenvalue weighted by Gasteiger charge is -2.32. The number of cyclic esters (lactones) is 1. The Morgan fingerprint density at radius 1 is 1.12 bits per heavy atom. The molecule has 0 unspecified atom stereocenters. The Morgan fingerprint density at radius 3 is 2.64 bits per heavy atom. The van der Waals surface area contributed by atoms with Gasteiger partial charge in [-0.1, -0.05) is 18.2 Å². The SMILES string of the molecule is O=C1OCc2c1ccc(CCC1CCN(C(=O)Cc3ccc(-n4cnnn4)cc3)CC1)c2F. The molecule has 3 aromatic rings. The molecule has 0 N–H and O–H groups in total. The molecule has 2 aliphatic rings. The number of ether oxygens (including phenoxy) is 1. The van der Waals surface area contributed by atoms with Gasteiger partial charge in [0.25, 0.3) is 0 Å². The molecule has 2 aromatic carbocycles. The lowest BCUT2D eigenvalue weighted by molar-refractivity contribution is -0.131. The van der Waals surface area contributed by atoms with Crippen molar-refractivity contribution in [2.24, 2.45) is 5.92 Å². The van der Waals surface area contributed by atoms with Crippen LogP contribution in [0.25, 0.3) is 5.69 Å². The van der Waals surface area contributed by atoms with Crippen LogP contribution in [0.4, 0.5) is 4.39 Å². The molecule has 33 heavy (non-hydrogen) atoms. The van der Waals surface area contributed by atoms with Crippen LogP contribution in [0.2, 0.25) is 0 Å². The minimum Gasteiger partial charge on any atom is -0.457 e. The predicted octanol–water partition coefficient (Wildman–Crippen LogP) is 2.89. The Kier molecular flexibility index (Phi) is 5.85. The van der Waals surface area contributed by atoms with E-state index in [4.69, 9.17) is 4.74 Å². The highest BCUT2D eigenvalue weighted by Gasteiger charge is 2.27. The quantitative estimate of drug-likeness (QED) is 0.538. The number of carbonyl (C=O) groups is 2. The summed E-state index contributed by atoms with van der Waals surface area (Å²) in [4.78, 5) is 26.2. The van der Waals surface area contributed by atoms with Gasteiger partial charge in [-0.05, 0) is 71.4 Å². The van der Waals surface area contributed by atoms with Gasteiger partial charge in [-0.25, -0.2) is 13.9 Å². The fourth-order valence-electron chi connectivity index (χ4n) is 4.57. The molecule has 0 aliphatic carbocycles. The molecular formula is C24H24FN5O3. The van der Waals surface area contributed by atoms with E-state index >= 15 is 0 Å². The Labute approximate surface area is 190 Å². The van der Waals surface area contributed by atoms with Gasteiger partial charge in [0.15, 0.2) is 0 Å². The van der Waals surface area contributed by atoms with Gasteiger partial charge in [0.1, 0.15) is 18.8 Å². The minimum absolute atomic E-state index is 0.0225. The lowest BCUT2D eigenvalue weighted by Crippen LogP contribution is -2.39. The molecule has 1 fully saturated rings. The van der Waals surface area contributed by atoms with Crippen LogP contribution in [0, 0.1) is 11.7 Å². The monoisotopic (exact) mass is 449 g/mol. The largest absolute Gasteiger partial charge is 0.457 e. The molecule has 170 valence electrons. The summed E-state index contributed by atoms with van der Waals surface area (Å²) in [5.41, 5.74) is 3.15. The van der Waals surface area contributed by atoms with Gasteiger partial charge in [-0.2, -0.15) is 0 Å². The number of esters is 1. The van der Waals surface area contributed by atoms with E-state index in [9.17, 15) is 14.0 Å². The van der Waals surface area contributed by atoms with E-state index in [2.05, 4.69) is 15.5 Å². The fraction of sp³-hybridized carbons (Fsp3) is 0.375. The highest BCUT2D eigenvalue weighted by Crippen LogP contribution is 2.28. The molecule has 8 nitrogen and oxygen atoms in total. The second kappa shape index (κ2) is 9.09. The summed E-state index contributed by atoms with van der Waals surface area (Å²) in [6.07, 6.45) is 5.21. The van der Waals surface area contributed by atoms with Gasteiger partial charge in [0.2, 0.25) is 5.91 Å². The average Bonchev–Trinajstić information content (AvgIpc) is 3.50. The van der Waals surface area contributed by atoms with Crippen LogP contribution < -0.4 is 0 Å². The first-order valence-electron chi connectivity index (χ1n) is 11.2. The zero-order valence-corrected chi connectivity index (χ0v) is 18.1. The number of hydrogen-bond acceptors (Lipinski definition) is 6. The normalized spacial score (nSPS) is 16.0. The average molecular weight is 449 g/mol. The molecule has 1 amide bonds. The van der Waals surface area contributed by atoms with Crippen LogP contribution in [0.1, 0.15) is 46.3 Å². The molecule has 1 saturated heterocycles. The molecule has 0 spiro atoms. The van der Waals surface area contributed by atoms with Gasteiger partial charge in [0.05, 0.1) is 17.7 Å². The zero-order valence-electron chi connectivity index (χ0n) is 18.1. The van der Waals surface area contributed by atoms with Crippen molar-refractivity contribution >= 4 is 11.9 Å². The number of tetrazole rings is 1. The van der Waals surface area contributed by atoms with Crippen LogP contribution in [0.5, 0.6) is 0 Å². The van der Waals surface area contributed by atoms with Crippen LogP contribution in [0.15, 0.2) is 42.7 Å². The van der Waals surface area contributed by atoms with Crippen molar-refractivity contribution in [2.75, 3.05) is 13.1 Å². The number of piperidine rings is 1. The first-order valence-corrected chi connectivity index (χ1v) is 11.2. The molecular weight excluding hydrogens is 425 g/mol. The third-order valence-corrected chi connectivity index (χ3v) is 6.59. The zero-order chi connectivity index (χ0) is 22.8. The Balaban J connectivity index is 1.10. The number of nitrogens with zero attached hydrogens (tertiary/aromatic N) is 5. The van der Waals surface area contributed by atoms with E-state index in [1.54, 1.807) is 16.8 Å². The maximum atomic E-state index is 14.7. The summed E-state index contributed by atoms with van der Waals surface area (Å²) in [5, 5.41) is 11.1. The maximum Gasteiger partial charge on any atom is 0.338 e. The number of carbonyl (C=O) groups excluding carboxylic acids is 2. The van der Waals surface area contributed by atoms with Crippen LogP contribution >= 0.6 is 0 Å². The van der Waals surface area contributed by atoms with Gasteiger partial charge in [-0.15, -0.1) is 5.10 Å². The van der Waals surface area contributed by atoms with Crippen molar-refractivity contribution in [3.05, 3.63) is 70.8 Å². The maximum absolute atomic E-state index is 14.7. The van der Waals surface area contributed by atoms with Crippen molar-refractivity contribution in [3.8, 4) is 5.69 Å². The predicted molar refractivity (Wildman–Crippen MR) is 116 cm³/mol. The molecule has 3 heterocycles. The third kappa shape index (κ3) is 4.48. The number of fused-ring (bicyclic) bond motifs is 1. The number of halogens is 1. The van der Waals surface area contributed by atoms with Crippen LogP contribution in [0.3, 0.4) is 0 Å². The first kappa shape index (κ1) is 21.2. The number of hydrogen-bond donors (Lipinski definition) is 0. The second-order valence-electron chi connectivity index (χ2n) is 8.60. The number of aryl methyl sites for hydroxylation is 1. The summed E-state index contributed by atoms with van der Waals surface area (Å²) in [6.45, 7) is 1.47. The molecule has 0 atom stereocenters. The number of aromatic nitrogens is 4. The lowest BCUT2D eigenvalue weighted by atomic mass is 9.89. The minimum atomic E-state index is -0.448. The Hall–Kier alpha value is -3.62.